The summed E-state index contributed by atoms with van der Waals surface area (Å²) < 4.78 is 0. The first-order valence-corrected chi connectivity index (χ1v) is 4.18. The van der Waals surface area contributed by atoms with Crippen molar-refractivity contribution in [2.24, 2.45) is 5.92 Å². The van der Waals surface area contributed by atoms with Gasteiger partial charge in [-0.25, -0.2) is 0 Å². The minimum atomic E-state index is 0.855. The highest BCUT2D eigenvalue weighted by Crippen LogP contribution is 2.20. The normalized spacial score (nSPS) is 39.8. The van der Waals surface area contributed by atoms with E-state index in [-0.39, 0.29) is 0 Å². The van der Waals surface area contributed by atoms with Crippen LogP contribution in [0.15, 0.2) is 0 Å². The van der Waals surface area contributed by atoms with Crippen LogP contribution in [0.3, 0.4) is 0 Å². The third-order valence-corrected chi connectivity index (χ3v) is 3.08. The summed E-state index contributed by atoms with van der Waals surface area (Å²) in [5.74, 6) is 2.00. The quantitative estimate of drug-likeness (QED) is 0.532. The molecule has 1 nitrogen and oxygen atoms in total. The minimum absolute atomic E-state index is 0.855. The van der Waals surface area contributed by atoms with Crippen LogP contribution in [0, 0.1) is 5.92 Å². The Morgan fingerprint density at radius 1 is 1.50 bits per heavy atom. The van der Waals surface area contributed by atoms with Crippen molar-refractivity contribution < 1.29 is 0 Å². The number of rotatable bonds is 0. The molecular weight excluding hydrogens is 118 g/mol. The molecule has 0 aromatic rings. The first-order valence-electron chi connectivity index (χ1n) is 3.13. The van der Waals surface area contributed by atoms with Gasteiger partial charge in [0, 0.05) is 11.1 Å². The molecule has 0 aromatic heterocycles. The zero-order valence-electron chi connectivity index (χ0n) is 5.48. The first-order chi connectivity index (χ1) is 3.80. The molecular formula is C6H13NS. The van der Waals surface area contributed by atoms with E-state index in [1.165, 1.54) is 6.54 Å². The van der Waals surface area contributed by atoms with Crippen molar-refractivity contribution in [1.82, 2.24) is 5.32 Å². The lowest BCUT2D eigenvalue weighted by atomic mass is 10.1. The maximum atomic E-state index is 3.33. The van der Waals surface area contributed by atoms with E-state index in [2.05, 4.69) is 19.2 Å². The van der Waals surface area contributed by atoms with Gasteiger partial charge in [-0.1, -0.05) is 13.8 Å². The lowest BCUT2D eigenvalue weighted by molar-refractivity contribution is 0.516. The molecule has 48 valence electrons. The molecule has 2 heteroatoms. The highest BCUT2D eigenvalue weighted by Gasteiger charge is 2.15. The molecule has 0 radical (unpaired) electrons. The average Bonchev–Trinajstić information content (AvgIpc) is 1.77. The number of hydrogen-bond acceptors (Lipinski definition) is 2. The minimum Gasteiger partial charge on any atom is -0.308 e. The average molecular weight is 131 g/mol. The van der Waals surface area contributed by atoms with Crippen LogP contribution in [0.2, 0.25) is 0 Å². The van der Waals surface area contributed by atoms with Crippen molar-refractivity contribution in [3.8, 4) is 0 Å². The van der Waals surface area contributed by atoms with Gasteiger partial charge in [-0.05, 0) is 12.5 Å². The molecule has 1 saturated heterocycles. The first kappa shape index (κ1) is 6.43. The Morgan fingerprint density at radius 2 is 2.25 bits per heavy atom. The van der Waals surface area contributed by atoms with Gasteiger partial charge in [0.25, 0.3) is 0 Å². The van der Waals surface area contributed by atoms with Crippen molar-refractivity contribution in [1.29, 1.82) is 0 Å². The van der Waals surface area contributed by atoms with E-state index in [9.17, 15) is 0 Å². The molecule has 1 heterocycles. The molecule has 8 heavy (non-hydrogen) atoms. The molecule has 0 spiro atoms. The standard InChI is InChI=1S/C6H13NS/c1-5-3-7-4-8-6(5)2/h5-7H,3-4H2,1-2H3. The number of hydrogen-bond donors (Lipinski definition) is 1. The van der Waals surface area contributed by atoms with Crippen LogP contribution in [-0.2, 0) is 0 Å². The zero-order chi connectivity index (χ0) is 5.98. The molecule has 1 N–H and O–H groups in total. The van der Waals surface area contributed by atoms with Gasteiger partial charge in [0.05, 0.1) is 0 Å². The van der Waals surface area contributed by atoms with Crippen LogP contribution >= 0.6 is 11.8 Å². The molecule has 0 saturated carbocycles. The maximum Gasteiger partial charge on any atom is 0.0420 e. The summed E-state index contributed by atoms with van der Waals surface area (Å²) in [4.78, 5) is 0. The third kappa shape index (κ3) is 1.39. The smallest absolute Gasteiger partial charge is 0.0420 e. The van der Waals surface area contributed by atoms with E-state index in [0.717, 1.165) is 17.0 Å². The molecule has 1 aliphatic heterocycles. The molecule has 0 bridgehead atoms. The fourth-order valence-electron chi connectivity index (χ4n) is 0.807. The van der Waals surface area contributed by atoms with Gasteiger partial charge in [0.2, 0.25) is 0 Å². The topological polar surface area (TPSA) is 12.0 Å². The van der Waals surface area contributed by atoms with Crippen LogP contribution in [0.1, 0.15) is 13.8 Å². The van der Waals surface area contributed by atoms with E-state index in [1.807, 2.05) is 11.8 Å². The maximum absolute atomic E-state index is 3.33. The molecule has 1 fully saturated rings. The third-order valence-electron chi connectivity index (χ3n) is 1.72. The highest BCUT2D eigenvalue weighted by atomic mass is 32.2. The van der Waals surface area contributed by atoms with Crippen LogP contribution in [-0.4, -0.2) is 17.7 Å². The van der Waals surface area contributed by atoms with Crippen molar-refractivity contribution in [2.45, 2.75) is 19.1 Å². The van der Waals surface area contributed by atoms with Crippen molar-refractivity contribution in [2.75, 3.05) is 12.4 Å². The van der Waals surface area contributed by atoms with Gasteiger partial charge >= 0.3 is 0 Å². The van der Waals surface area contributed by atoms with Crippen LogP contribution < -0.4 is 5.32 Å². The summed E-state index contributed by atoms with van der Waals surface area (Å²) in [6.45, 7) is 5.80. The SMILES string of the molecule is CC1CNCSC1C. The summed E-state index contributed by atoms with van der Waals surface area (Å²) in [6, 6.07) is 0. The van der Waals surface area contributed by atoms with Gasteiger partial charge < -0.3 is 5.32 Å². The summed E-state index contributed by atoms with van der Waals surface area (Å²) in [6.07, 6.45) is 0. The van der Waals surface area contributed by atoms with Gasteiger partial charge in [-0.3, -0.25) is 0 Å². The molecule has 1 aliphatic rings. The van der Waals surface area contributed by atoms with Crippen molar-refractivity contribution in [3.05, 3.63) is 0 Å². The van der Waals surface area contributed by atoms with E-state index < -0.39 is 0 Å². The second-order valence-corrected chi connectivity index (χ2v) is 3.81. The summed E-state index contributed by atoms with van der Waals surface area (Å²) in [5, 5.41) is 4.19. The monoisotopic (exact) mass is 131 g/mol. The Labute approximate surface area is 55.2 Å². The zero-order valence-corrected chi connectivity index (χ0v) is 6.29. The Morgan fingerprint density at radius 3 is 2.62 bits per heavy atom. The Kier molecular flexibility index (Phi) is 2.20. The van der Waals surface area contributed by atoms with Gasteiger partial charge in [-0.15, -0.1) is 11.8 Å². The largest absolute Gasteiger partial charge is 0.308 e. The van der Waals surface area contributed by atoms with E-state index in [1.54, 1.807) is 0 Å². The molecule has 2 atom stereocenters. The lowest BCUT2D eigenvalue weighted by Crippen LogP contribution is -2.32. The fourth-order valence-corrected chi connectivity index (χ4v) is 1.73. The molecule has 0 aromatic carbocycles. The molecule has 2 unspecified atom stereocenters. The molecule has 0 aliphatic carbocycles. The van der Waals surface area contributed by atoms with Gasteiger partial charge in [0.1, 0.15) is 0 Å². The summed E-state index contributed by atoms with van der Waals surface area (Å²) in [7, 11) is 0. The predicted molar refractivity (Wildman–Crippen MR) is 39.1 cm³/mol. The molecule has 0 amide bonds. The van der Waals surface area contributed by atoms with Crippen LogP contribution in [0.4, 0.5) is 0 Å². The lowest BCUT2D eigenvalue weighted by Gasteiger charge is -2.25. The second-order valence-electron chi connectivity index (χ2n) is 2.45. The van der Waals surface area contributed by atoms with Gasteiger partial charge in [0.15, 0.2) is 0 Å². The van der Waals surface area contributed by atoms with Crippen molar-refractivity contribution >= 4 is 11.8 Å². The second kappa shape index (κ2) is 2.74. The summed E-state index contributed by atoms with van der Waals surface area (Å²) >= 11 is 2.02. The number of thioether (sulfide) groups is 1. The van der Waals surface area contributed by atoms with E-state index >= 15 is 0 Å². The predicted octanol–water partition coefficient (Wildman–Crippen LogP) is 1.30. The number of nitrogens with one attached hydrogen (secondary N) is 1. The van der Waals surface area contributed by atoms with Gasteiger partial charge in [-0.2, -0.15) is 0 Å². The fraction of sp³-hybridized carbons (Fsp3) is 1.00. The molecule has 1 rings (SSSR count). The Bertz CT molecular complexity index is 64.9. The Hall–Kier alpha value is 0.310. The highest BCUT2D eigenvalue weighted by molar-refractivity contribution is 7.99. The van der Waals surface area contributed by atoms with E-state index in [0.29, 0.717) is 0 Å². The Balaban J connectivity index is 2.28. The van der Waals surface area contributed by atoms with Crippen LogP contribution in [0.25, 0.3) is 0 Å². The summed E-state index contributed by atoms with van der Waals surface area (Å²) in [5.41, 5.74) is 0. The van der Waals surface area contributed by atoms with E-state index in [4.69, 9.17) is 0 Å². The van der Waals surface area contributed by atoms with Crippen LogP contribution in [0.5, 0.6) is 0 Å². The van der Waals surface area contributed by atoms with Crippen molar-refractivity contribution in [3.63, 3.8) is 0 Å².